The molecule has 1 rings (SSSR count). The number of carbonyl (C=O) groups is 1. The Bertz CT molecular complexity index is 283. The number of thioether (sulfide) groups is 1. The van der Waals surface area contributed by atoms with Crippen LogP contribution < -0.4 is 0 Å². The summed E-state index contributed by atoms with van der Waals surface area (Å²) < 4.78 is 1.44. The van der Waals surface area contributed by atoms with Crippen LogP contribution in [0.2, 0.25) is 0 Å². The molecule has 0 radical (unpaired) electrons. The van der Waals surface area contributed by atoms with Crippen LogP contribution in [-0.4, -0.2) is 32.1 Å². The Balaban J connectivity index is 3.10. The lowest BCUT2D eigenvalue weighted by molar-refractivity contribution is 0.0678. The first-order valence-corrected chi connectivity index (χ1v) is 4.06. The predicted molar refractivity (Wildman–Crippen MR) is 39.7 cm³/mol. The van der Waals surface area contributed by atoms with Crippen molar-refractivity contribution in [3.8, 4) is 0 Å². The summed E-state index contributed by atoms with van der Waals surface area (Å²) in [5.41, 5.74) is 0. The molecule has 1 N–H and O–H groups in total. The molecule has 0 amide bonds. The van der Waals surface area contributed by atoms with Gasteiger partial charge in [0.05, 0.1) is 0 Å². The van der Waals surface area contributed by atoms with Gasteiger partial charge in [0.15, 0.2) is 5.16 Å². The molecule has 0 aliphatic carbocycles. The first kappa shape index (κ1) is 8.06. The van der Waals surface area contributed by atoms with E-state index < -0.39 is 5.97 Å². The van der Waals surface area contributed by atoms with E-state index in [1.54, 1.807) is 7.05 Å². The third-order valence-corrected chi connectivity index (χ3v) is 1.93. The van der Waals surface area contributed by atoms with Crippen molar-refractivity contribution < 1.29 is 9.90 Å². The Labute approximate surface area is 67.4 Å². The molecule has 0 saturated heterocycles. The molecule has 0 aliphatic heterocycles. The summed E-state index contributed by atoms with van der Waals surface area (Å²) >= 11 is 1.36. The van der Waals surface area contributed by atoms with Gasteiger partial charge in [0.25, 0.3) is 0 Å². The lowest BCUT2D eigenvalue weighted by atomic mass is 10.6. The maximum atomic E-state index is 10.4. The van der Waals surface area contributed by atoms with Gasteiger partial charge in [-0.3, -0.25) is 4.57 Å². The molecular weight excluding hydrogens is 166 g/mol. The van der Waals surface area contributed by atoms with Crippen LogP contribution in [0.1, 0.15) is 10.6 Å². The van der Waals surface area contributed by atoms with Crippen molar-refractivity contribution in [2.24, 2.45) is 7.05 Å². The van der Waals surface area contributed by atoms with Crippen molar-refractivity contribution >= 4 is 17.7 Å². The van der Waals surface area contributed by atoms with Crippen LogP contribution in [0.3, 0.4) is 0 Å². The second kappa shape index (κ2) is 2.91. The summed E-state index contributed by atoms with van der Waals surface area (Å²) in [5.74, 6) is -1.09. The fourth-order valence-electron chi connectivity index (χ4n) is 0.679. The van der Waals surface area contributed by atoms with Crippen molar-refractivity contribution in [3.63, 3.8) is 0 Å². The molecule has 1 heterocycles. The molecule has 11 heavy (non-hydrogen) atoms. The van der Waals surface area contributed by atoms with Gasteiger partial charge in [-0.25, -0.2) is 4.79 Å². The molecule has 60 valence electrons. The summed E-state index contributed by atoms with van der Waals surface area (Å²) in [6.45, 7) is 0. The van der Waals surface area contributed by atoms with Gasteiger partial charge in [-0.1, -0.05) is 11.8 Å². The lowest BCUT2D eigenvalue weighted by Crippen LogP contribution is -2.06. The first-order valence-electron chi connectivity index (χ1n) is 2.83. The average Bonchev–Trinajstić information content (AvgIpc) is 2.30. The molecule has 1 aromatic rings. The second-order valence-electron chi connectivity index (χ2n) is 1.87. The molecule has 0 saturated carbocycles. The molecule has 0 aromatic carbocycles. The van der Waals surface area contributed by atoms with Crippen molar-refractivity contribution in [3.05, 3.63) is 5.82 Å². The summed E-state index contributed by atoms with van der Waals surface area (Å²) in [7, 11) is 1.62. The summed E-state index contributed by atoms with van der Waals surface area (Å²) in [5, 5.41) is 16.3. The molecule has 0 spiro atoms. The SMILES string of the molecule is CSc1nnc(C(=O)O)n1C. The van der Waals surface area contributed by atoms with Crippen molar-refractivity contribution in [1.82, 2.24) is 14.8 Å². The zero-order chi connectivity index (χ0) is 8.43. The number of hydrogen-bond acceptors (Lipinski definition) is 4. The Kier molecular flexibility index (Phi) is 2.13. The number of carboxylic acid groups (broad SMARTS) is 1. The van der Waals surface area contributed by atoms with E-state index in [4.69, 9.17) is 5.11 Å². The molecule has 0 bridgehead atoms. The largest absolute Gasteiger partial charge is 0.475 e. The van der Waals surface area contributed by atoms with E-state index in [2.05, 4.69) is 10.2 Å². The highest BCUT2D eigenvalue weighted by atomic mass is 32.2. The minimum absolute atomic E-state index is 0.0330. The van der Waals surface area contributed by atoms with Gasteiger partial charge in [0.1, 0.15) is 0 Å². The van der Waals surface area contributed by atoms with E-state index in [-0.39, 0.29) is 5.82 Å². The normalized spacial score (nSPS) is 10.0. The van der Waals surface area contributed by atoms with Crippen LogP contribution in [0.4, 0.5) is 0 Å². The highest BCUT2D eigenvalue weighted by Gasteiger charge is 2.13. The summed E-state index contributed by atoms with van der Waals surface area (Å²) in [4.78, 5) is 10.4. The zero-order valence-electron chi connectivity index (χ0n) is 6.11. The van der Waals surface area contributed by atoms with Crippen LogP contribution in [0.25, 0.3) is 0 Å². The standard InChI is InChI=1S/C5H7N3O2S/c1-8-3(4(9)10)6-7-5(8)11-2/h1-2H3,(H,9,10). The zero-order valence-corrected chi connectivity index (χ0v) is 6.92. The molecule has 1 aromatic heterocycles. The summed E-state index contributed by atoms with van der Waals surface area (Å²) in [6.07, 6.45) is 1.82. The van der Waals surface area contributed by atoms with Crippen molar-refractivity contribution in [2.45, 2.75) is 5.16 Å². The Morgan fingerprint density at radius 3 is 2.55 bits per heavy atom. The van der Waals surface area contributed by atoms with E-state index in [0.717, 1.165) is 0 Å². The van der Waals surface area contributed by atoms with Gasteiger partial charge < -0.3 is 5.11 Å². The second-order valence-corrected chi connectivity index (χ2v) is 2.65. The first-order chi connectivity index (χ1) is 5.16. The van der Waals surface area contributed by atoms with Gasteiger partial charge in [-0.2, -0.15) is 0 Å². The van der Waals surface area contributed by atoms with Crippen LogP contribution in [0, 0.1) is 0 Å². The Morgan fingerprint density at radius 1 is 1.64 bits per heavy atom. The van der Waals surface area contributed by atoms with Crippen molar-refractivity contribution in [1.29, 1.82) is 0 Å². The number of aromatic nitrogens is 3. The van der Waals surface area contributed by atoms with Gasteiger partial charge in [0, 0.05) is 7.05 Å². The van der Waals surface area contributed by atoms with E-state index in [1.807, 2.05) is 6.26 Å². The topological polar surface area (TPSA) is 68.0 Å². The maximum absolute atomic E-state index is 10.4. The summed E-state index contributed by atoms with van der Waals surface area (Å²) in [6, 6.07) is 0. The maximum Gasteiger partial charge on any atom is 0.374 e. The number of nitrogens with zero attached hydrogens (tertiary/aromatic N) is 3. The molecular formula is C5H7N3O2S. The van der Waals surface area contributed by atoms with E-state index >= 15 is 0 Å². The lowest BCUT2D eigenvalue weighted by Gasteiger charge is -1.95. The molecule has 5 nitrogen and oxygen atoms in total. The van der Waals surface area contributed by atoms with Gasteiger partial charge in [0.2, 0.25) is 5.82 Å². The Morgan fingerprint density at radius 2 is 2.27 bits per heavy atom. The van der Waals surface area contributed by atoms with Gasteiger partial charge in [-0.15, -0.1) is 10.2 Å². The molecule has 0 atom stereocenters. The number of aromatic carboxylic acids is 1. The number of rotatable bonds is 2. The Hall–Kier alpha value is -1.04. The fourth-order valence-corrected chi connectivity index (χ4v) is 1.16. The minimum Gasteiger partial charge on any atom is -0.475 e. The smallest absolute Gasteiger partial charge is 0.374 e. The quantitative estimate of drug-likeness (QED) is 0.648. The van der Waals surface area contributed by atoms with Crippen LogP contribution >= 0.6 is 11.8 Å². The molecule has 6 heteroatoms. The van der Waals surface area contributed by atoms with Gasteiger partial charge >= 0.3 is 5.97 Å². The van der Waals surface area contributed by atoms with Crippen LogP contribution in [0.5, 0.6) is 0 Å². The highest BCUT2D eigenvalue weighted by Crippen LogP contribution is 2.10. The number of hydrogen-bond donors (Lipinski definition) is 1. The highest BCUT2D eigenvalue weighted by molar-refractivity contribution is 7.98. The number of carboxylic acids is 1. The average molecular weight is 173 g/mol. The third kappa shape index (κ3) is 1.35. The van der Waals surface area contributed by atoms with E-state index in [9.17, 15) is 4.79 Å². The van der Waals surface area contributed by atoms with Crippen LogP contribution in [-0.2, 0) is 7.05 Å². The molecule has 0 fully saturated rings. The van der Waals surface area contributed by atoms with Gasteiger partial charge in [-0.05, 0) is 6.26 Å². The van der Waals surface area contributed by atoms with Crippen molar-refractivity contribution in [2.75, 3.05) is 6.26 Å². The monoisotopic (exact) mass is 173 g/mol. The minimum atomic E-state index is -1.06. The molecule has 0 aliphatic rings. The third-order valence-electron chi connectivity index (χ3n) is 1.21. The van der Waals surface area contributed by atoms with E-state index in [1.165, 1.54) is 16.3 Å². The van der Waals surface area contributed by atoms with E-state index in [0.29, 0.717) is 5.16 Å². The fraction of sp³-hybridized carbons (Fsp3) is 0.400. The van der Waals surface area contributed by atoms with Crippen LogP contribution in [0.15, 0.2) is 5.16 Å². The molecule has 0 unspecified atom stereocenters. The predicted octanol–water partition coefficient (Wildman–Crippen LogP) is 0.235.